The quantitative estimate of drug-likeness (QED) is 0.280. The zero-order chi connectivity index (χ0) is 29.8. The van der Waals surface area contributed by atoms with Gasteiger partial charge in [-0.25, -0.2) is 18.9 Å². The van der Waals surface area contributed by atoms with Crippen LogP contribution in [0.2, 0.25) is 5.02 Å². The molecule has 5 heterocycles. The fourth-order valence-electron chi connectivity index (χ4n) is 4.28. The monoisotopic (exact) mass is 599 g/mol. The van der Waals surface area contributed by atoms with Gasteiger partial charge in [0.05, 0.1) is 22.4 Å². The van der Waals surface area contributed by atoms with E-state index in [9.17, 15) is 22.8 Å². The highest BCUT2D eigenvalue weighted by atomic mass is 35.5. The molecule has 1 saturated carbocycles. The van der Waals surface area contributed by atoms with E-state index < -0.39 is 23.7 Å². The van der Waals surface area contributed by atoms with Crippen molar-refractivity contribution in [1.29, 1.82) is 0 Å². The van der Waals surface area contributed by atoms with Gasteiger partial charge in [0.2, 0.25) is 11.8 Å². The minimum absolute atomic E-state index is 0.0458. The number of ether oxygens (including phenoxy) is 1. The topological polar surface area (TPSA) is 133 Å². The molecule has 216 valence electrons. The maximum absolute atomic E-state index is 13.8. The summed E-state index contributed by atoms with van der Waals surface area (Å²) in [5.41, 5.74) is 0.289. The third-order valence-corrected chi connectivity index (χ3v) is 6.74. The summed E-state index contributed by atoms with van der Waals surface area (Å²) in [4.78, 5) is 31.3. The molecule has 42 heavy (non-hydrogen) atoms. The second-order valence-corrected chi connectivity index (χ2v) is 10.0. The summed E-state index contributed by atoms with van der Waals surface area (Å²) >= 11 is 6.34. The predicted octanol–water partition coefficient (Wildman–Crippen LogP) is 4.57. The van der Waals surface area contributed by atoms with E-state index in [1.165, 1.54) is 29.9 Å². The number of hydrogen-bond donors (Lipinski definition) is 2. The Bertz CT molecular complexity index is 1860. The van der Waals surface area contributed by atoms with E-state index in [2.05, 4.69) is 30.9 Å². The molecule has 0 atom stereocenters. The molecule has 2 amide bonds. The summed E-state index contributed by atoms with van der Waals surface area (Å²) in [6.45, 7) is 1.73. The van der Waals surface area contributed by atoms with E-state index in [4.69, 9.17) is 16.3 Å². The molecule has 1 aliphatic carbocycles. The minimum Gasteiger partial charge on any atom is -0.419 e. The molecule has 0 bridgehead atoms. The summed E-state index contributed by atoms with van der Waals surface area (Å²) in [5.74, 6) is -1.58. The summed E-state index contributed by atoms with van der Waals surface area (Å²) in [5, 5.41) is 17.8. The fraction of sp³-hybridized carbons (Fsp3) is 0.231. The van der Waals surface area contributed by atoms with Gasteiger partial charge < -0.3 is 15.4 Å². The van der Waals surface area contributed by atoms with E-state index in [0.29, 0.717) is 17.1 Å². The molecule has 12 nitrogen and oxygen atoms in total. The molecule has 16 heteroatoms. The third-order valence-electron chi connectivity index (χ3n) is 6.44. The smallest absolute Gasteiger partial charge is 0.419 e. The van der Waals surface area contributed by atoms with Gasteiger partial charge in [-0.2, -0.15) is 23.4 Å². The Morgan fingerprint density at radius 3 is 2.57 bits per heavy atom. The van der Waals surface area contributed by atoms with Crippen molar-refractivity contribution in [2.24, 2.45) is 7.05 Å². The van der Waals surface area contributed by atoms with Crippen molar-refractivity contribution in [3.05, 3.63) is 76.5 Å². The molecule has 0 aliphatic heterocycles. The van der Waals surface area contributed by atoms with Gasteiger partial charge in [-0.1, -0.05) is 11.6 Å². The van der Waals surface area contributed by atoms with Crippen LogP contribution in [0.15, 0.2) is 48.8 Å². The molecule has 0 spiro atoms. The van der Waals surface area contributed by atoms with Gasteiger partial charge in [-0.15, -0.1) is 5.10 Å². The Morgan fingerprint density at radius 2 is 1.88 bits per heavy atom. The highest BCUT2D eigenvalue weighted by Gasteiger charge is 2.35. The lowest BCUT2D eigenvalue weighted by atomic mass is 10.1. The van der Waals surface area contributed by atoms with Crippen LogP contribution in [0.5, 0.6) is 11.8 Å². The second kappa shape index (κ2) is 10.2. The van der Waals surface area contributed by atoms with Crippen LogP contribution in [0, 0.1) is 6.92 Å². The van der Waals surface area contributed by atoms with Crippen molar-refractivity contribution in [2.75, 3.05) is 5.32 Å². The van der Waals surface area contributed by atoms with Gasteiger partial charge in [0.15, 0.2) is 17.2 Å². The molecule has 5 aromatic rings. The van der Waals surface area contributed by atoms with Gasteiger partial charge in [0.1, 0.15) is 5.69 Å². The van der Waals surface area contributed by atoms with Gasteiger partial charge in [0.25, 0.3) is 11.8 Å². The summed E-state index contributed by atoms with van der Waals surface area (Å²) in [7, 11) is 1.27. The number of alkyl halides is 3. The first kappa shape index (κ1) is 27.3. The molecular formula is C26H21ClF3N9O3. The zero-order valence-electron chi connectivity index (χ0n) is 22.0. The Hall–Kier alpha value is -4.92. The predicted molar refractivity (Wildman–Crippen MR) is 143 cm³/mol. The van der Waals surface area contributed by atoms with E-state index in [1.807, 2.05) is 0 Å². The molecule has 0 aromatic carbocycles. The van der Waals surface area contributed by atoms with Crippen LogP contribution in [-0.4, -0.2) is 52.0 Å². The maximum Gasteiger partial charge on any atom is 0.435 e. The van der Waals surface area contributed by atoms with Crippen LogP contribution in [-0.2, 0) is 13.2 Å². The van der Waals surface area contributed by atoms with Crippen molar-refractivity contribution in [2.45, 2.75) is 32.0 Å². The van der Waals surface area contributed by atoms with Crippen molar-refractivity contribution < 1.29 is 27.5 Å². The molecule has 5 aromatic heterocycles. The van der Waals surface area contributed by atoms with Gasteiger partial charge in [-0.05, 0) is 49.6 Å². The number of carbonyl (C=O) groups excluding carboxylic acids is 2. The van der Waals surface area contributed by atoms with Crippen LogP contribution in [0.3, 0.4) is 0 Å². The lowest BCUT2D eigenvalue weighted by Crippen LogP contribution is -2.30. The Morgan fingerprint density at radius 1 is 1.10 bits per heavy atom. The number of nitrogens with one attached hydrogen (secondary N) is 2. The minimum atomic E-state index is -4.69. The summed E-state index contributed by atoms with van der Waals surface area (Å²) in [6.07, 6.45) is -0.0102. The molecular weight excluding hydrogens is 579 g/mol. The van der Waals surface area contributed by atoms with Crippen LogP contribution in [0.1, 0.15) is 45.1 Å². The van der Waals surface area contributed by atoms with E-state index >= 15 is 0 Å². The first-order chi connectivity index (χ1) is 20.0. The average molecular weight is 600 g/mol. The fourth-order valence-corrected chi connectivity index (χ4v) is 4.48. The molecule has 0 radical (unpaired) electrons. The number of aromatic nitrogens is 7. The number of fused-ring (bicyclic) bond motifs is 1. The van der Waals surface area contributed by atoms with Crippen molar-refractivity contribution in [1.82, 2.24) is 39.5 Å². The van der Waals surface area contributed by atoms with Crippen molar-refractivity contribution in [3.8, 4) is 17.6 Å². The number of pyridine rings is 2. The second-order valence-electron chi connectivity index (χ2n) is 9.60. The lowest BCUT2D eigenvalue weighted by Gasteiger charge is -2.16. The van der Waals surface area contributed by atoms with Gasteiger partial charge in [0, 0.05) is 31.4 Å². The first-order valence-electron chi connectivity index (χ1n) is 12.6. The largest absolute Gasteiger partial charge is 0.435 e. The van der Waals surface area contributed by atoms with Gasteiger partial charge >= 0.3 is 6.18 Å². The number of aryl methyl sites for hydroxylation is 2. The van der Waals surface area contributed by atoms with Crippen LogP contribution >= 0.6 is 11.6 Å². The number of rotatable bonds is 7. The SMILES string of the molecule is Cc1cc2ccnn2c(C(=O)NC2CC2)c1NC(=O)c1cc(Oc2cc(C(F)(F)F)nn2C)nn1-c1ncccc1Cl. The highest BCUT2D eigenvalue weighted by molar-refractivity contribution is 6.32. The third kappa shape index (κ3) is 5.13. The lowest BCUT2D eigenvalue weighted by molar-refractivity contribution is -0.141. The van der Waals surface area contributed by atoms with Crippen molar-refractivity contribution in [3.63, 3.8) is 0 Å². The van der Waals surface area contributed by atoms with Crippen LogP contribution in [0.25, 0.3) is 11.3 Å². The van der Waals surface area contributed by atoms with Crippen LogP contribution in [0.4, 0.5) is 18.9 Å². The van der Waals surface area contributed by atoms with E-state index in [1.54, 1.807) is 31.3 Å². The van der Waals surface area contributed by atoms with E-state index in [-0.39, 0.29) is 45.7 Å². The number of nitrogens with zero attached hydrogens (tertiary/aromatic N) is 7. The number of carbonyl (C=O) groups is 2. The van der Waals surface area contributed by atoms with Gasteiger partial charge in [-0.3, -0.25) is 9.59 Å². The number of amides is 2. The normalized spacial score (nSPS) is 13.4. The van der Waals surface area contributed by atoms with Crippen molar-refractivity contribution >= 4 is 34.6 Å². The number of halogens is 4. The molecule has 1 fully saturated rings. The van der Waals surface area contributed by atoms with E-state index in [0.717, 1.165) is 22.2 Å². The maximum atomic E-state index is 13.8. The summed E-state index contributed by atoms with van der Waals surface area (Å²) < 4.78 is 48.5. The molecule has 6 rings (SSSR count). The average Bonchev–Trinajstić information content (AvgIpc) is 3.28. The molecule has 1 aliphatic rings. The Balaban J connectivity index is 1.41. The van der Waals surface area contributed by atoms with Crippen LogP contribution < -0.4 is 15.4 Å². The Kier molecular flexibility index (Phi) is 6.60. The summed E-state index contributed by atoms with van der Waals surface area (Å²) in [6, 6.07) is 8.57. The molecule has 0 unspecified atom stereocenters. The first-order valence-corrected chi connectivity index (χ1v) is 13.0. The number of anilines is 1. The molecule has 0 saturated heterocycles. The number of hydrogen-bond acceptors (Lipinski definition) is 7. The Labute approximate surface area is 240 Å². The zero-order valence-corrected chi connectivity index (χ0v) is 22.7. The highest BCUT2D eigenvalue weighted by Crippen LogP contribution is 2.33. The molecule has 2 N–H and O–H groups in total. The standard InChI is InChI=1S/C26H21ClF3N9O3/c1-13-10-15-7-9-32-38(15)22(25(41)33-14-5-6-14)21(13)34-24(40)17-11-19(36-39(17)23-16(27)4-3-8-31-23)42-20-12-18(26(28,29)30)35-37(20)2/h3-4,7-12,14H,5-6H2,1-2H3,(H,33,41)(H,34,40).